The zero-order chi connectivity index (χ0) is 11.7. The average Bonchev–Trinajstić information content (AvgIpc) is 2.76. The molecule has 0 saturated heterocycles. The molecular weight excluding hydrogens is 180 g/mol. The molecule has 0 unspecified atom stereocenters. The predicted molar refractivity (Wildman–Crippen MR) is 69.0 cm³/mol. The van der Waals surface area contributed by atoms with Crippen LogP contribution in [-0.4, -0.2) is 0 Å². The summed E-state index contributed by atoms with van der Waals surface area (Å²) < 4.78 is 0. The Labute approximate surface area is 96.8 Å². The highest BCUT2D eigenvalue weighted by atomic mass is 14.5. The topological polar surface area (TPSA) is 0 Å². The van der Waals surface area contributed by atoms with Crippen molar-refractivity contribution < 1.29 is 0 Å². The van der Waals surface area contributed by atoms with E-state index >= 15 is 0 Å². The fourth-order valence-electron chi connectivity index (χ4n) is 2.08. The van der Waals surface area contributed by atoms with Crippen molar-refractivity contribution in [3.63, 3.8) is 0 Å². The van der Waals surface area contributed by atoms with Crippen LogP contribution in [0, 0.1) is 16.2 Å². The maximum Gasteiger partial charge on any atom is -0.0297 e. The van der Waals surface area contributed by atoms with E-state index in [0.29, 0.717) is 10.8 Å². The SMILES string of the molecule is CC(C)(C)CCC1(CCC(C)(C)C)CC1. The first-order valence-corrected chi connectivity index (χ1v) is 6.62. The van der Waals surface area contributed by atoms with Gasteiger partial charge in [0.05, 0.1) is 0 Å². The molecule has 0 aromatic carbocycles. The van der Waals surface area contributed by atoms with E-state index in [-0.39, 0.29) is 0 Å². The van der Waals surface area contributed by atoms with Crippen LogP contribution in [0.25, 0.3) is 0 Å². The number of hydrogen-bond donors (Lipinski definition) is 0. The molecule has 1 aliphatic carbocycles. The van der Waals surface area contributed by atoms with Gasteiger partial charge in [0.1, 0.15) is 0 Å². The quantitative estimate of drug-likeness (QED) is 0.581. The average molecular weight is 210 g/mol. The van der Waals surface area contributed by atoms with Crippen LogP contribution >= 0.6 is 0 Å². The molecule has 0 aliphatic heterocycles. The first kappa shape index (κ1) is 13.1. The highest BCUT2D eigenvalue weighted by molar-refractivity contribution is 4.94. The lowest BCUT2D eigenvalue weighted by Crippen LogP contribution is -2.13. The third-order valence-electron chi connectivity index (χ3n) is 3.77. The summed E-state index contributed by atoms with van der Waals surface area (Å²) in [5.74, 6) is 0. The minimum absolute atomic E-state index is 0.525. The molecule has 0 amide bonds. The van der Waals surface area contributed by atoms with Gasteiger partial charge in [-0.15, -0.1) is 0 Å². The maximum absolute atomic E-state index is 2.37. The van der Waals surface area contributed by atoms with E-state index in [4.69, 9.17) is 0 Å². The van der Waals surface area contributed by atoms with Crippen molar-refractivity contribution in [1.82, 2.24) is 0 Å². The van der Waals surface area contributed by atoms with Crippen LogP contribution in [0.4, 0.5) is 0 Å². The van der Waals surface area contributed by atoms with Crippen LogP contribution in [0.1, 0.15) is 80.1 Å². The fourth-order valence-corrected chi connectivity index (χ4v) is 2.08. The third kappa shape index (κ3) is 5.58. The molecule has 15 heavy (non-hydrogen) atoms. The Kier molecular flexibility index (Phi) is 3.58. The lowest BCUT2D eigenvalue weighted by Gasteiger charge is -2.26. The largest absolute Gasteiger partial charge is 0.0602 e. The summed E-state index contributed by atoms with van der Waals surface area (Å²) in [5, 5.41) is 0. The Morgan fingerprint density at radius 2 is 1.07 bits per heavy atom. The summed E-state index contributed by atoms with van der Waals surface area (Å²) >= 11 is 0. The molecule has 0 bridgehead atoms. The first-order valence-electron chi connectivity index (χ1n) is 6.62. The van der Waals surface area contributed by atoms with Gasteiger partial charge >= 0.3 is 0 Å². The zero-order valence-corrected chi connectivity index (χ0v) is 11.7. The van der Waals surface area contributed by atoms with Gasteiger partial charge in [-0.25, -0.2) is 0 Å². The lowest BCUT2D eigenvalue weighted by atomic mass is 9.80. The van der Waals surface area contributed by atoms with E-state index < -0.39 is 0 Å². The molecule has 0 aromatic heterocycles. The van der Waals surface area contributed by atoms with Gasteiger partial charge in [0.25, 0.3) is 0 Å². The van der Waals surface area contributed by atoms with Gasteiger partial charge in [-0.05, 0) is 54.8 Å². The van der Waals surface area contributed by atoms with E-state index in [1.54, 1.807) is 0 Å². The monoisotopic (exact) mass is 210 g/mol. The normalized spacial score (nSPS) is 20.4. The fraction of sp³-hybridized carbons (Fsp3) is 1.00. The third-order valence-corrected chi connectivity index (χ3v) is 3.77. The van der Waals surface area contributed by atoms with Crippen LogP contribution < -0.4 is 0 Å². The first-order chi connectivity index (χ1) is 6.62. The summed E-state index contributed by atoms with van der Waals surface area (Å²) in [6.45, 7) is 14.2. The van der Waals surface area contributed by atoms with E-state index in [9.17, 15) is 0 Å². The van der Waals surface area contributed by atoms with Crippen molar-refractivity contribution >= 4 is 0 Å². The molecule has 0 N–H and O–H groups in total. The van der Waals surface area contributed by atoms with E-state index in [2.05, 4.69) is 41.5 Å². The van der Waals surface area contributed by atoms with Crippen molar-refractivity contribution in [2.75, 3.05) is 0 Å². The number of rotatable bonds is 4. The van der Waals surface area contributed by atoms with Crippen molar-refractivity contribution in [3.8, 4) is 0 Å². The molecule has 90 valence electrons. The Balaban J connectivity index is 2.28. The Hall–Kier alpha value is 0. The van der Waals surface area contributed by atoms with Gasteiger partial charge < -0.3 is 0 Å². The highest BCUT2D eigenvalue weighted by Gasteiger charge is 2.42. The molecular formula is C15H30. The second-order valence-electron chi connectivity index (χ2n) is 8.12. The molecule has 0 heterocycles. The number of hydrogen-bond acceptors (Lipinski definition) is 0. The summed E-state index contributed by atoms with van der Waals surface area (Å²) in [4.78, 5) is 0. The standard InChI is InChI=1S/C15H30/c1-13(2,3)7-9-15(11-12-15)10-8-14(4,5)6/h7-12H2,1-6H3. The zero-order valence-electron chi connectivity index (χ0n) is 11.7. The van der Waals surface area contributed by atoms with Gasteiger partial charge in [-0.3, -0.25) is 0 Å². The second-order valence-corrected chi connectivity index (χ2v) is 8.12. The molecule has 0 aromatic rings. The van der Waals surface area contributed by atoms with Gasteiger partial charge in [-0.2, -0.15) is 0 Å². The summed E-state index contributed by atoms with van der Waals surface area (Å²) in [7, 11) is 0. The minimum atomic E-state index is 0.525. The van der Waals surface area contributed by atoms with E-state index in [1.165, 1.54) is 38.5 Å². The van der Waals surface area contributed by atoms with Crippen LogP contribution in [0.5, 0.6) is 0 Å². The van der Waals surface area contributed by atoms with Gasteiger partial charge in [-0.1, -0.05) is 41.5 Å². The Bertz CT molecular complexity index is 175. The maximum atomic E-state index is 2.37. The van der Waals surface area contributed by atoms with E-state index in [0.717, 1.165) is 5.41 Å². The van der Waals surface area contributed by atoms with Crippen molar-refractivity contribution in [1.29, 1.82) is 0 Å². The van der Waals surface area contributed by atoms with E-state index in [1.807, 2.05) is 0 Å². The lowest BCUT2D eigenvalue weighted by molar-refractivity contribution is 0.262. The smallest absolute Gasteiger partial charge is 0.0297 e. The Morgan fingerprint density at radius 3 is 1.27 bits per heavy atom. The molecule has 1 saturated carbocycles. The van der Waals surface area contributed by atoms with Gasteiger partial charge in [0, 0.05) is 0 Å². The Morgan fingerprint density at radius 1 is 0.733 bits per heavy atom. The van der Waals surface area contributed by atoms with Crippen molar-refractivity contribution in [2.45, 2.75) is 80.1 Å². The summed E-state index contributed by atoms with van der Waals surface area (Å²) in [5.41, 5.74) is 1.81. The molecule has 0 spiro atoms. The molecule has 1 rings (SSSR count). The van der Waals surface area contributed by atoms with Crippen molar-refractivity contribution in [2.24, 2.45) is 16.2 Å². The molecule has 0 nitrogen and oxygen atoms in total. The van der Waals surface area contributed by atoms with Crippen LogP contribution in [-0.2, 0) is 0 Å². The molecule has 0 radical (unpaired) electrons. The molecule has 0 heteroatoms. The minimum Gasteiger partial charge on any atom is -0.0602 e. The molecule has 1 aliphatic rings. The van der Waals surface area contributed by atoms with Gasteiger partial charge in [0.15, 0.2) is 0 Å². The second kappa shape index (κ2) is 4.11. The van der Waals surface area contributed by atoms with Crippen LogP contribution in [0.15, 0.2) is 0 Å². The van der Waals surface area contributed by atoms with Crippen LogP contribution in [0.3, 0.4) is 0 Å². The molecule has 1 fully saturated rings. The van der Waals surface area contributed by atoms with Gasteiger partial charge in [0.2, 0.25) is 0 Å². The summed E-state index contributed by atoms with van der Waals surface area (Å²) in [6.07, 6.45) is 8.73. The van der Waals surface area contributed by atoms with Crippen LogP contribution in [0.2, 0.25) is 0 Å². The predicted octanol–water partition coefficient (Wildman–Crippen LogP) is 5.42. The van der Waals surface area contributed by atoms with Crippen molar-refractivity contribution in [3.05, 3.63) is 0 Å². The summed E-state index contributed by atoms with van der Waals surface area (Å²) in [6, 6.07) is 0. The molecule has 0 atom stereocenters. The highest BCUT2D eigenvalue weighted by Crippen LogP contribution is 2.55.